The van der Waals surface area contributed by atoms with Gasteiger partial charge in [-0.3, -0.25) is 0 Å². The molecule has 0 aromatic heterocycles. The second kappa shape index (κ2) is 4.21. The predicted molar refractivity (Wildman–Crippen MR) is 39.1 cm³/mol. The molecule has 0 atom stereocenters. The van der Waals surface area contributed by atoms with Gasteiger partial charge < -0.3 is 10.7 Å². The topological polar surface area (TPSA) is 55.3 Å². The number of nitrogens with two attached hydrogens (primary N) is 2. The van der Waals surface area contributed by atoms with E-state index in [1.54, 1.807) is 11.2 Å². The van der Waals surface area contributed by atoms with Crippen molar-refractivity contribution < 1.29 is 0 Å². The molecule has 0 aliphatic rings. The summed E-state index contributed by atoms with van der Waals surface area (Å²) in [5, 5.41) is 1.64. The van der Waals surface area contributed by atoms with Crippen LogP contribution in [-0.2, 0) is 0 Å². The van der Waals surface area contributed by atoms with Crippen LogP contribution in [0.5, 0.6) is 0 Å². The molecule has 54 valence electrons. The van der Waals surface area contributed by atoms with Gasteiger partial charge in [0.2, 0.25) is 0 Å². The van der Waals surface area contributed by atoms with Gasteiger partial charge in [0.1, 0.15) is 0 Å². The fourth-order valence-corrected chi connectivity index (χ4v) is 0.620. The molecule has 0 aliphatic heterocycles. The van der Waals surface area contributed by atoms with Gasteiger partial charge in [-0.2, -0.15) is 0 Å². The number of nitrogens with zero attached hydrogens (tertiary/aromatic N) is 1. The van der Waals surface area contributed by atoms with Crippen molar-refractivity contribution in [1.29, 1.82) is 0 Å². The summed E-state index contributed by atoms with van der Waals surface area (Å²) in [7, 11) is 0. The van der Waals surface area contributed by atoms with Gasteiger partial charge in [-0.15, -0.1) is 0 Å². The summed E-state index contributed by atoms with van der Waals surface area (Å²) in [5.74, 6) is 5.52. The number of rotatable bonds is 3. The maximum atomic E-state index is 5.52. The van der Waals surface area contributed by atoms with Crippen molar-refractivity contribution in [2.75, 3.05) is 6.54 Å². The van der Waals surface area contributed by atoms with Gasteiger partial charge in [0.15, 0.2) is 0 Å². The molecule has 3 heteroatoms. The Morgan fingerprint density at radius 3 is 2.22 bits per heavy atom. The van der Waals surface area contributed by atoms with E-state index in [1.165, 1.54) is 0 Å². The fourth-order valence-electron chi connectivity index (χ4n) is 0.620. The summed E-state index contributed by atoms with van der Waals surface area (Å²) in [4.78, 5) is 0. The third-order valence-corrected chi connectivity index (χ3v) is 1.26. The first-order valence-corrected chi connectivity index (χ1v) is 3.19. The SMILES string of the molecule is CC/C(=C/N)N(N)CC. The van der Waals surface area contributed by atoms with Crippen LogP contribution in [0.2, 0.25) is 0 Å². The lowest BCUT2D eigenvalue weighted by atomic mass is 10.3. The fraction of sp³-hybridized carbons (Fsp3) is 0.667. The summed E-state index contributed by atoms with van der Waals surface area (Å²) >= 11 is 0. The summed E-state index contributed by atoms with van der Waals surface area (Å²) in [6.45, 7) is 4.81. The summed E-state index contributed by atoms with van der Waals surface area (Å²) in [5.41, 5.74) is 6.26. The molecule has 0 radical (unpaired) electrons. The first kappa shape index (κ1) is 8.30. The molecule has 0 fully saturated rings. The van der Waals surface area contributed by atoms with E-state index in [1.807, 2.05) is 13.8 Å². The molecular formula is C6H15N3. The van der Waals surface area contributed by atoms with Crippen molar-refractivity contribution in [1.82, 2.24) is 5.01 Å². The van der Waals surface area contributed by atoms with Crippen molar-refractivity contribution >= 4 is 0 Å². The minimum absolute atomic E-state index is 0.802. The zero-order valence-electron chi connectivity index (χ0n) is 6.09. The molecule has 4 N–H and O–H groups in total. The molecule has 0 bridgehead atoms. The minimum Gasteiger partial charge on any atom is -0.403 e. The molecule has 0 amide bonds. The highest BCUT2D eigenvalue weighted by atomic mass is 15.4. The quantitative estimate of drug-likeness (QED) is 0.428. The van der Waals surface area contributed by atoms with Gasteiger partial charge >= 0.3 is 0 Å². The Morgan fingerprint density at radius 2 is 2.11 bits per heavy atom. The van der Waals surface area contributed by atoms with Crippen molar-refractivity contribution in [2.24, 2.45) is 11.6 Å². The summed E-state index contributed by atoms with van der Waals surface area (Å²) < 4.78 is 0. The average Bonchev–Trinajstić information content (AvgIpc) is 1.90. The van der Waals surface area contributed by atoms with Crippen LogP contribution in [0.25, 0.3) is 0 Å². The normalized spacial score (nSPS) is 11.7. The lowest BCUT2D eigenvalue weighted by Crippen LogP contribution is -2.30. The Kier molecular flexibility index (Phi) is 3.88. The maximum absolute atomic E-state index is 5.52. The molecule has 0 saturated carbocycles. The zero-order chi connectivity index (χ0) is 7.28. The van der Waals surface area contributed by atoms with Crippen LogP contribution in [0.15, 0.2) is 11.9 Å². The van der Waals surface area contributed by atoms with Gasteiger partial charge in [0.25, 0.3) is 0 Å². The Bertz CT molecular complexity index is 98.5. The van der Waals surface area contributed by atoms with Crippen LogP contribution in [0, 0.1) is 0 Å². The standard InChI is InChI=1S/C6H15N3/c1-3-6(5-7)9(8)4-2/h5H,3-4,7-8H2,1-2H3/b6-5-. The van der Waals surface area contributed by atoms with E-state index in [9.17, 15) is 0 Å². The molecule has 0 unspecified atom stereocenters. The number of hydrazine groups is 1. The highest BCUT2D eigenvalue weighted by molar-refractivity contribution is 4.94. The van der Waals surface area contributed by atoms with Gasteiger partial charge in [-0.1, -0.05) is 6.92 Å². The number of hydrogen-bond donors (Lipinski definition) is 2. The van der Waals surface area contributed by atoms with Crippen molar-refractivity contribution in [2.45, 2.75) is 20.3 Å². The van der Waals surface area contributed by atoms with Crippen molar-refractivity contribution in [3.8, 4) is 0 Å². The average molecular weight is 129 g/mol. The van der Waals surface area contributed by atoms with Crippen LogP contribution in [0.3, 0.4) is 0 Å². The minimum atomic E-state index is 0.802. The number of hydrogen-bond acceptors (Lipinski definition) is 3. The Hall–Kier alpha value is -0.700. The third kappa shape index (κ3) is 2.37. The third-order valence-electron chi connectivity index (χ3n) is 1.26. The van der Waals surface area contributed by atoms with E-state index in [0.717, 1.165) is 18.7 Å². The lowest BCUT2D eigenvalue weighted by Gasteiger charge is -2.17. The zero-order valence-corrected chi connectivity index (χ0v) is 6.09. The van der Waals surface area contributed by atoms with E-state index in [4.69, 9.17) is 11.6 Å². The number of allylic oxidation sites excluding steroid dienone is 1. The predicted octanol–water partition coefficient (Wildman–Crippen LogP) is 0.392. The lowest BCUT2D eigenvalue weighted by molar-refractivity contribution is 0.367. The van der Waals surface area contributed by atoms with E-state index < -0.39 is 0 Å². The Morgan fingerprint density at radius 1 is 1.56 bits per heavy atom. The van der Waals surface area contributed by atoms with Crippen LogP contribution in [0.1, 0.15) is 20.3 Å². The molecule has 9 heavy (non-hydrogen) atoms. The molecule has 0 heterocycles. The monoisotopic (exact) mass is 129 g/mol. The molecule has 0 aromatic carbocycles. The van der Waals surface area contributed by atoms with Crippen molar-refractivity contribution in [3.63, 3.8) is 0 Å². The second-order valence-electron chi connectivity index (χ2n) is 1.80. The first-order chi connectivity index (χ1) is 4.26. The largest absolute Gasteiger partial charge is 0.403 e. The summed E-state index contributed by atoms with van der Waals surface area (Å²) in [6.07, 6.45) is 2.43. The Balaban J connectivity index is 3.80. The van der Waals surface area contributed by atoms with Crippen LogP contribution in [0.4, 0.5) is 0 Å². The van der Waals surface area contributed by atoms with Crippen LogP contribution in [-0.4, -0.2) is 11.6 Å². The molecule has 0 spiro atoms. The smallest absolute Gasteiger partial charge is 0.0442 e. The van der Waals surface area contributed by atoms with E-state index >= 15 is 0 Å². The molecular weight excluding hydrogens is 114 g/mol. The second-order valence-corrected chi connectivity index (χ2v) is 1.80. The molecule has 0 saturated heterocycles. The van der Waals surface area contributed by atoms with E-state index in [2.05, 4.69) is 0 Å². The van der Waals surface area contributed by atoms with E-state index in [-0.39, 0.29) is 0 Å². The van der Waals surface area contributed by atoms with Crippen molar-refractivity contribution in [3.05, 3.63) is 11.9 Å². The van der Waals surface area contributed by atoms with Gasteiger partial charge in [0, 0.05) is 18.4 Å². The first-order valence-electron chi connectivity index (χ1n) is 3.19. The van der Waals surface area contributed by atoms with E-state index in [0.29, 0.717) is 0 Å². The summed E-state index contributed by atoms with van der Waals surface area (Å²) in [6, 6.07) is 0. The highest BCUT2D eigenvalue weighted by Gasteiger charge is 1.96. The van der Waals surface area contributed by atoms with Crippen LogP contribution >= 0.6 is 0 Å². The van der Waals surface area contributed by atoms with Gasteiger partial charge in [-0.25, -0.2) is 5.84 Å². The van der Waals surface area contributed by atoms with Crippen LogP contribution < -0.4 is 11.6 Å². The highest BCUT2D eigenvalue weighted by Crippen LogP contribution is 1.99. The molecule has 0 rings (SSSR count). The molecule has 0 aliphatic carbocycles. The Labute approximate surface area is 56.3 Å². The van der Waals surface area contributed by atoms with Gasteiger partial charge in [-0.05, 0) is 13.3 Å². The molecule has 3 nitrogen and oxygen atoms in total. The van der Waals surface area contributed by atoms with Gasteiger partial charge in [0.05, 0.1) is 0 Å². The molecule has 0 aromatic rings. The maximum Gasteiger partial charge on any atom is 0.0442 e.